The fraction of sp³-hybridized carbons (Fsp3) is 0.357. The number of nitrogens with one attached hydrogen (secondary N) is 1. The third-order valence-corrected chi connectivity index (χ3v) is 2.50. The van der Waals surface area contributed by atoms with E-state index >= 15 is 0 Å². The highest BCUT2D eigenvalue weighted by atomic mass is 127. The maximum Gasteiger partial charge on any atom is 0.189 e. The number of terminal acetylenes is 1. The van der Waals surface area contributed by atoms with E-state index in [0.29, 0.717) is 30.5 Å². The van der Waals surface area contributed by atoms with Crippen LogP contribution >= 0.6 is 24.0 Å². The summed E-state index contributed by atoms with van der Waals surface area (Å²) in [7, 11) is 3.22. The fourth-order valence-corrected chi connectivity index (χ4v) is 1.54. The van der Waals surface area contributed by atoms with Crippen LogP contribution in [0.5, 0.6) is 11.5 Å². The van der Waals surface area contributed by atoms with Crippen LogP contribution in [0.1, 0.15) is 5.56 Å². The summed E-state index contributed by atoms with van der Waals surface area (Å²) in [6.07, 6.45) is 5.87. The summed E-state index contributed by atoms with van der Waals surface area (Å²) in [4.78, 5) is 4.17. The lowest BCUT2D eigenvalue weighted by Crippen LogP contribution is -2.32. The number of halogens is 1. The summed E-state index contributed by atoms with van der Waals surface area (Å²) >= 11 is 0. The number of nitrogens with zero attached hydrogens (tertiary/aromatic N) is 1. The molecule has 110 valence electrons. The van der Waals surface area contributed by atoms with Crippen LogP contribution in [0.15, 0.2) is 23.2 Å². The number of hydrogen-bond acceptors (Lipinski definition) is 3. The largest absolute Gasteiger partial charge is 0.493 e. The minimum Gasteiger partial charge on any atom is -0.493 e. The molecule has 0 radical (unpaired) electrons. The highest BCUT2D eigenvalue weighted by Gasteiger charge is 2.04. The SMILES string of the molecule is C#CCNC(N)=NCCc1ccc(OC)c(OC)c1.I. The molecule has 20 heavy (non-hydrogen) atoms. The molecule has 0 unspecified atom stereocenters. The third kappa shape index (κ3) is 6.02. The second-order valence-corrected chi connectivity index (χ2v) is 3.76. The van der Waals surface area contributed by atoms with Crippen molar-refractivity contribution in [3.63, 3.8) is 0 Å². The van der Waals surface area contributed by atoms with E-state index in [0.717, 1.165) is 12.0 Å². The molecule has 6 heteroatoms. The minimum atomic E-state index is 0. The van der Waals surface area contributed by atoms with Crippen molar-refractivity contribution in [3.8, 4) is 23.8 Å². The number of methoxy groups -OCH3 is 2. The predicted molar refractivity (Wildman–Crippen MR) is 92.0 cm³/mol. The van der Waals surface area contributed by atoms with Crippen LogP contribution in [0.4, 0.5) is 0 Å². The van der Waals surface area contributed by atoms with E-state index in [2.05, 4.69) is 16.2 Å². The van der Waals surface area contributed by atoms with Gasteiger partial charge < -0.3 is 20.5 Å². The Morgan fingerprint density at radius 3 is 2.65 bits per heavy atom. The summed E-state index contributed by atoms with van der Waals surface area (Å²) in [5, 5.41) is 2.81. The highest BCUT2D eigenvalue weighted by Crippen LogP contribution is 2.27. The summed E-state index contributed by atoms with van der Waals surface area (Å²) in [6, 6.07) is 5.78. The molecule has 0 aliphatic heterocycles. The maximum absolute atomic E-state index is 5.62. The molecule has 1 aromatic carbocycles. The molecular formula is C14H20IN3O2. The van der Waals surface area contributed by atoms with Crippen LogP contribution in [0.3, 0.4) is 0 Å². The molecule has 1 aromatic rings. The van der Waals surface area contributed by atoms with Crippen LogP contribution in [-0.4, -0.2) is 33.3 Å². The second-order valence-electron chi connectivity index (χ2n) is 3.76. The molecule has 0 saturated carbocycles. The van der Waals surface area contributed by atoms with Gasteiger partial charge in [-0.2, -0.15) is 0 Å². The third-order valence-electron chi connectivity index (χ3n) is 2.50. The van der Waals surface area contributed by atoms with Crippen LogP contribution in [0.25, 0.3) is 0 Å². The number of guanidine groups is 1. The van der Waals surface area contributed by atoms with Gasteiger partial charge in [0.1, 0.15) is 0 Å². The van der Waals surface area contributed by atoms with E-state index in [-0.39, 0.29) is 24.0 Å². The summed E-state index contributed by atoms with van der Waals surface area (Å²) in [5.41, 5.74) is 6.73. The van der Waals surface area contributed by atoms with Crippen molar-refractivity contribution in [2.45, 2.75) is 6.42 Å². The van der Waals surface area contributed by atoms with Gasteiger partial charge in [0.05, 0.1) is 20.8 Å². The fourth-order valence-electron chi connectivity index (χ4n) is 1.54. The molecule has 5 nitrogen and oxygen atoms in total. The van der Waals surface area contributed by atoms with Gasteiger partial charge in [0.25, 0.3) is 0 Å². The lowest BCUT2D eigenvalue weighted by atomic mass is 10.1. The van der Waals surface area contributed by atoms with Crippen molar-refractivity contribution < 1.29 is 9.47 Å². The second kappa shape index (κ2) is 10.2. The summed E-state index contributed by atoms with van der Waals surface area (Å²) in [5.74, 6) is 4.22. The molecule has 0 aromatic heterocycles. The van der Waals surface area contributed by atoms with Crippen molar-refractivity contribution >= 4 is 29.9 Å². The molecule has 0 bridgehead atoms. The Balaban J connectivity index is 0.00000361. The molecule has 0 saturated heterocycles. The Labute approximate surface area is 137 Å². The van der Waals surface area contributed by atoms with Crippen LogP contribution < -0.4 is 20.5 Å². The molecule has 3 N–H and O–H groups in total. The summed E-state index contributed by atoms with van der Waals surface area (Å²) in [6.45, 7) is 0.963. The lowest BCUT2D eigenvalue weighted by Gasteiger charge is -2.09. The van der Waals surface area contributed by atoms with E-state index in [1.165, 1.54) is 0 Å². The first-order chi connectivity index (χ1) is 9.21. The Kier molecular flexibility index (Phi) is 9.38. The molecule has 0 aliphatic rings. The molecule has 1 rings (SSSR count). The van der Waals surface area contributed by atoms with Crippen molar-refractivity contribution in [1.82, 2.24) is 5.32 Å². The smallest absolute Gasteiger partial charge is 0.189 e. The van der Waals surface area contributed by atoms with Gasteiger partial charge >= 0.3 is 0 Å². The van der Waals surface area contributed by atoms with Gasteiger partial charge in [0.2, 0.25) is 0 Å². The first kappa shape index (κ1) is 18.4. The topological polar surface area (TPSA) is 68.9 Å². The number of aliphatic imine (C=N–C) groups is 1. The predicted octanol–water partition coefficient (Wildman–Crippen LogP) is 1.40. The van der Waals surface area contributed by atoms with Crippen molar-refractivity contribution in [3.05, 3.63) is 23.8 Å². The van der Waals surface area contributed by atoms with Crippen molar-refractivity contribution in [1.29, 1.82) is 0 Å². The van der Waals surface area contributed by atoms with Crippen LogP contribution in [-0.2, 0) is 6.42 Å². The zero-order valence-corrected chi connectivity index (χ0v) is 14.0. The van der Waals surface area contributed by atoms with Gasteiger partial charge in [-0.1, -0.05) is 12.0 Å². The van der Waals surface area contributed by atoms with Gasteiger partial charge in [0.15, 0.2) is 17.5 Å². The van der Waals surface area contributed by atoms with Crippen molar-refractivity contribution in [2.75, 3.05) is 27.3 Å². The average Bonchev–Trinajstić information content (AvgIpc) is 2.44. The van der Waals surface area contributed by atoms with E-state index in [1.54, 1.807) is 14.2 Å². The zero-order chi connectivity index (χ0) is 14.1. The molecule has 0 aliphatic carbocycles. The number of ether oxygens (including phenoxy) is 2. The minimum absolute atomic E-state index is 0. The Morgan fingerprint density at radius 2 is 2.05 bits per heavy atom. The lowest BCUT2D eigenvalue weighted by molar-refractivity contribution is 0.354. The molecule has 0 fully saturated rings. The Morgan fingerprint density at radius 1 is 1.35 bits per heavy atom. The number of benzene rings is 1. The first-order valence-electron chi connectivity index (χ1n) is 5.89. The summed E-state index contributed by atoms with van der Waals surface area (Å²) < 4.78 is 10.4. The Bertz CT molecular complexity index is 484. The molecule has 0 atom stereocenters. The molecular weight excluding hydrogens is 369 g/mol. The molecule has 0 heterocycles. The Hall–Kier alpha value is -1.62. The maximum atomic E-state index is 5.62. The molecule has 0 spiro atoms. The number of nitrogens with two attached hydrogens (primary N) is 1. The van der Waals surface area contributed by atoms with Gasteiger partial charge in [-0.15, -0.1) is 30.4 Å². The standard InChI is InChI=1S/C14H19N3O2.HI/c1-4-8-16-14(15)17-9-7-11-5-6-12(18-2)13(10-11)19-3;/h1,5-6,10H,7-9H2,2-3H3,(H3,15,16,17);1H. The van der Waals surface area contributed by atoms with Crippen LogP contribution in [0.2, 0.25) is 0 Å². The normalized spacial score (nSPS) is 10.2. The van der Waals surface area contributed by atoms with Gasteiger partial charge in [0, 0.05) is 6.54 Å². The van der Waals surface area contributed by atoms with E-state index < -0.39 is 0 Å². The molecule has 0 amide bonds. The van der Waals surface area contributed by atoms with Crippen LogP contribution in [0, 0.1) is 12.3 Å². The quantitative estimate of drug-likeness (QED) is 0.334. The zero-order valence-electron chi connectivity index (χ0n) is 11.7. The van der Waals surface area contributed by atoms with Gasteiger partial charge in [-0.25, -0.2) is 0 Å². The van der Waals surface area contributed by atoms with E-state index in [9.17, 15) is 0 Å². The van der Waals surface area contributed by atoms with E-state index in [1.807, 2.05) is 18.2 Å². The number of hydrogen-bond donors (Lipinski definition) is 2. The monoisotopic (exact) mass is 389 g/mol. The highest BCUT2D eigenvalue weighted by molar-refractivity contribution is 14.0. The van der Waals surface area contributed by atoms with E-state index in [4.69, 9.17) is 21.6 Å². The average molecular weight is 389 g/mol. The van der Waals surface area contributed by atoms with Gasteiger partial charge in [-0.3, -0.25) is 4.99 Å². The first-order valence-corrected chi connectivity index (χ1v) is 5.89. The number of rotatable bonds is 6. The van der Waals surface area contributed by atoms with Gasteiger partial charge in [-0.05, 0) is 24.1 Å². The van der Waals surface area contributed by atoms with Crippen molar-refractivity contribution in [2.24, 2.45) is 10.7 Å².